The van der Waals surface area contributed by atoms with Crippen molar-refractivity contribution in [3.05, 3.63) is 46.6 Å². The summed E-state index contributed by atoms with van der Waals surface area (Å²) in [5.41, 5.74) is 0.870. The van der Waals surface area contributed by atoms with Crippen LogP contribution in [0.5, 0.6) is 0 Å². The minimum absolute atomic E-state index is 0.271. The maximum Gasteiger partial charge on any atom is 0.227 e. The molecule has 0 unspecified atom stereocenters. The van der Waals surface area contributed by atoms with Crippen LogP contribution in [0, 0.1) is 5.92 Å². The zero-order valence-corrected chi connectivity index (χ0v) is 13.3. The summed E-state index contributed by atoms with van der Waals surface area (Å²) in [6.45, 7) is 3.61. The molecule has 0 spiro atoms. The first-order chi connectivity index (χ1) is 10.7. The molecule has 4 rings (SSSR count). The molecule has 5 heteroatoms. The van der Waals surface area contributed by atoms with E-state index in [2.05, 4.69) is 23.2 Å². The third-order valence-electron chi connectivity index (χ3n) is 5.00. The van der Waals surface area contributed by atoms with Crippen LogP contribution in [0.2, 0.25) is 5.02 Å². The highest BCUT2D eigenvalue weighted by molar-refractivity contribution is 6.30. The van der Waals surface area contributed by atoms with Crippen molar-refractivity contribution in [3.8, 4) is 0 Å². The molecule has 22 heavy (non-hydrogen) atoms. The molecule has 2 fully saturated rings. The lowest BCUT2D eigenvalue weighted by molar-refractivity contribution is 0.0540. The molecule has 2 aliphatic rings. The van der Waals surface area contributed by atoms with Crippen LogP contribution in [-0.4, -0.2) is 23.4 Å². The van der Waals surface area contributed by atoms with Crippen molar-refractivity contribution in [2.24, 2.45) is 5.92 Å². The number of nitrogens with zero attached hydrogens (tertiary/aromatic N) is 2. The number of hydrogen-bond acceptors (Lipinski definition) is 4. The van der Waals surface area contributed by atoms with Crippen molar-refractivity contribution < 1.29 is 9.15 Å². The first kappa shape index (κ1) is 14.2. The van der Waals surface area contributed by atoms with Gasteiger partial charge in [0.05, 0.1) is 5.41 Å². The van der Waals surface area contributed by atoms with Gasteiger partial charge in [-0.3, -0.25) is 0 Å². The molecule has 116 valence electrons. The lowest BCUT2D eigenvalue weighted by atomic mass is 9.74. The van der Waals surface area contributed by atoms with Crippen molar-refractivity contribution in [1.29, 1.82) is 0 Å². The summed E-state index contributed by atoms with van der Waals surface area (Å²) in [5.74, 6) is 2.60. The second-order valence-corrected chi connectivity index (χ2v) is 6.91. The minimum atomic E-state index is -0.271. The van der Waals surface area contributed by atoms with Gasteiger partial charge < -0.3 is 9.15 Å². The van der Waals surface area contributed by atoms with Crippen LogP contribution in [0.25, 0.3) is 0 Å². The van der Waals surface area contributed by atoms with E-state index >= 15 is 0 Å². The molecule has 1 saturated carbocycles. The van der Waals surface area contributed by atoms with Crippen LogP contribution in [0.3, 0.4) is 0 Å². The maximum atomic E-state index is 6.20. The van der Waals surface area contributed by atoms with E-state index in [0.717, 1.165) is 35.7 Å². The van der Waals surface area contributed by atoms with Gasteiger partial charge in [0.15, 0.2) is 0 Å². The minimum Gasteiger partial charge on any atom is -0.424 e. The molecule has 2 heterocycles. The fourth-order valence-electron chi connectivity index (χ4n) is 3.38. The van der Waals surface area contributed by atoms with Crippen molar-refractivity contribution >= 4 is 11.6 Å². The molecule has 1 aromatic carbocycles. The van der Waals surface area contributed by atoms with Crippen LogP contribution in [0.1, 0.15) is 49.4 Å². The Balaban J connectivity index is 1.75. The smallest absolute Gasteiger partial charge is 0.227 e. The Morgan fingerprint density at radius 1 is 1.23 bits per heavy atom. The molecule has 1 aliphatic heterocycles. The van der Waals surface area contributed by atoms with E-state index in [0.29, 0.717) is 30.9 Å². The fourth-order valence-corrected chi connectivity index (χ4v) is 3.57. The standard InChI is InChI=1S/C17H19ClN2O2/c1-11-9-14(11)15-19-20-16(22-15)17(5-7-21-8-6-17)12-3-2-4-13(18)10-12/h2-4,10-11,14H,5-9H2,1H3/t11-,14-/m0/s1. The van der Waals surface area contributed by atoms with Crippen LogP contribution >= 0.6 is 11.6 Å². The van der Waals surface area contributed by atoms with Gasteiger partial charge >= 0.3 is 0 Å². The van der Waals surface area contributed by atoms with Crippen LogP contribution < -0.4 is 0 Å². The molecule has 0 N–H and O–H groups in total. The van der Waals surface area contributed by atoms with Gasteiger partial charge in [-0.1, -0.05) is 30.7 Å². The second-order valence-electron chi connectivity index (χ2n) is 6.47. The largest absolute Gasteiger partial charge is 0.424 e. The van der Waals surface area contributed by atoms with Gasteiger partial charge in [0, 0.05) is 24.2 Å². The quantitative estimate of drug-likeness (QED) is 0.860. The SMILES string of the molecule is C[C@H]1C[C@@H]1c1nnc(C2(c3cccc(Cl)c3)CCOCC2)o1. The van der Waals surface area contributed by atoms with E-state index in [1.54, 1.807) is 0 Å². The third kappa shape index (κ3) is 2.34. The number of aromatic nitrogens is 2. The lowest BCUT2D eigenvalue weighted by Gasteiger charge is -2.34. The van der Waals surface area contributed by atoms with E-state index in [9.17, 15) is 0 Å². The summed E-state index contributed by atoms with van der Waals surface area (Å²) in [5, 5.41) is 9.44. The second kappa shape index (κ2) is 5.36. The predicted molar refractivity (Wildman–Crippen MR) is 83.1 cm³/mol. The molecule has 1 aromatic heterocycles. The third-order valence-corrected chi connectivity index (χ3v) is 5.24. The van der Waals surface area contributed by atoms with Crippen LogP contribution in [-0.2, 0) is 10.2 Å². The Morgan fingerprint density at radius 2 is 2.00 bits per heavy atom. The summed E-state index contributed by atoms with van der Waals surface area (Å²) in [6.07, 6.45) is 2.83. The van der Waals surface area contributed by atoms with Gasteiger partial charge in [-0.05, 0) is 42.9 Å². The van der Waals surface area contributed by atoms with E-state index in [-0.39, 0.29) is 5.41 Å². The van der Waals surface area contributed by atoms with Gasteiger partial charge in [0.1, 0.15) is 0 Å². The molecular formula is C17H19ClN2O2. The van der Waals surface area contributed by atoms with Gasteiger partial charge in [-0.2, -0.15) is 0 Å². The number of hydrogen-bond donors (Lipinski definition) is 0. The molecule has 0 bridgehead atoms. The van der Waals surface area contributed by atoms with Crippen molar-refractivity contribution in [3.63, 3.8) is 0 Å². The Labute approximate surface area is 134 Å². The van der Waals surface area contributed by atoms with E-state index in [4.69, 9.17) is 20.8 Å². The van der Waals surface area contributed by atoms with Crippen molar-refractivity contribution in [1.82, 2.24) is 10.2 Å². The van der Waals surface area contributed by atoms with Crippen LogP contribution in [0.4, 0.5) is 0 Å². The van der Waals surface area contributed by atoms with Gasteiger partial charge in [0.2, 0.25) is 11.8 Å². The average molecular weight is 319 g/mol. The van der Waals surface area contributed by atoms with E-state index < -0.39 is 0 Å². The monoisotopic (exact) mass is 318 g/mol. The van der Waals surface area contributed by atoms with Gasteiger partial charge in [-0.15, -0.1) is 10.2 Å². The number of rotatable bonds is 3. The Kier molecular flexibility index (Phi) is 3.46. The molecule has 1 aliphatic carbocycles. The first-order valence-electron chi connectivity index (χ1n) is 7.87. The summed E-state index contributed by atoms with van der Waals surface area (Å²) in [6, 6.07) is 7.98. The number of halogens is 1. The number of benzene rings is 1. The molecule has 2 aromatic rings. The van der Waals surface area contributed by atoms with Gasteiger partial charge in [0.25, 0.3) is 0 Å². The lowest BCUT2D eigenvalue weighted by Crippen LogP contribution is -2.35. The molecule has 1 saturated heterocycles. The molecule has 4 nitrogen and oxygen atoms in total. The highest BCUT2D eigenvalue weighted by Crippen LogP contribution is 2.48. The van der Waals surface area contributed by atoms with Crippen molar-refractivity contribution in [2.45, 2.75) is 37.5 Å². The Morgan fingerprint density at radius 3 is 2.68 bits per heavy atom. The average Bonchev–Trinajstić information content (AvgIpc) is 3.08. The van der Waals surface area contributed by atoms with E-state index in [1.165, 1.54) is 0 Å². The molecule has 0 radical (unpaired) electrons. The summed E-state index contributed by atoms with van der Waals surface area (Å²) in [4.78, 5) is 0. The topological polar surface area (TPSA) is 48.2 Å². The maximum absolute atomic E-state index is 6.20. The number of ether oxygens (including phenoxy) is 1. The highest BCUT2D eigenvalue weighted by Gasteiger charge is 2.44. The molecular weight excluding hydrogens is 300 g/mol. The first-order valence-corrected chi connectivity index (χ1v) is 8.24. The van der Waals surface area contributed by atoms with Gasteiger partial charge in [-0.25, -0.2) is 0 Å². The highest BCUT2D eigenvalue weighted by atomic mass is 35.5. The normalized spacial score (nSPS) is 26.8. The predicted octanol–water partition coefficient (Wildman–Crippen LogP) is 3.94. The van der Waals surface area contributed by atoms with Crippen molar-refractivity contribution in [2.75, 3.05) is 13.2 Å². The molecule has 0 amide bonds. The van der Waals surface area contributed by atoms with Crippen LogP contribution in [0.15, 0.2) is 28.7 Å². The Bertz CT molecular complexity index is 679. The summed E-state index contributed by atoms with van der Waals surface area (Å²) < 4.78 is 11.7. The summed E-state index contributed by atoms with van der Waals surface area (Å²) in [7, 11) is 0. The van der Waals surface area contributed by atoms with E-state index in [1.807, 2.05) is 18.2 Å². The zero-order valence-electron chi connectivity index (χ0n) is 12.6. The molecule has 2 atom stereocenters. The fraction of sp³-hybridized carbons (Fsp3) is 0.529. The summed E-state index contributed by atoms with van der Waals surface area (Å²) >= 11 is 6.20. The zero-order chi connectivity index (χ0) is 15.2. The Hall–Kier alpha value is -1.39.